The topological polar surface area (TPSA) is 72.2 Å². The molecule has 1 aliphatic rings. The SMILES string of the molecule is CC(C)n1c(C2CCCN(C(=O)NCCc3ccccc3)C2)nn(C)c1=O. The molecular formula is C20H29N5O2. The average Bonchev–Trinajstić information content (AvgIpc) is 2.97. The van der Waals surface area contributed by atoms with Crippen LogP contribution >= 0.6 is 0 Å². The number of piperidine rings is 1. The van der Waals surface area contributed by atoms with Crippen LogP contribution in [0.5, 0.6) is 0 Å². The van der Waals surface area contributed by atoms with Gasteiger partial charge in [0.15, 0.2) is 0 Å². The van der Waals surface area contributed by atoms with Crippen molar-refractivity contribution in [3.05, 3.63) is 52.2 Å². The Labute approximate surface area is 160 Å². The number of likely N-dealkylation sites (tertiary alicyclic amines) is 1. The summed E-state index contributed by atoms with van der Waals surface area (Å²) >= 11 is 0. The highest BCUT2D eigenvalue weighted by Crippen LogP contribution is 2.26. The van der Waals surface area contributed by atoms with Crippen LogP contribution in [0.2, 0.25) is 0 Å². The van der Waals surface area contributed by atoms with Crippen LogP contribution < -0.4 is 11.0 Å². The van der Waals surface area contributed by atoms with Gasteiger partial charge in [-0.2, -0.15) is 5.10 Å². The quantitative estimate of drug-likeness (QED) is 0.876. The smallest absolute Gasteiger partial charge is 0.338 e. The van der Waals surface area contributed by atoms with Crippen LogP contribution in [0, 0.1) is 0 Å². The van der Waals surface area contributed by atoms with Crippen molar-refractivity contribution in [3.8, 4) is 0 Å². The summed E-state index contributed by atoms with van der Waals surface area (Å²) in [4.78, 5) is 26.8. The van der Waals surface area contributed by atoms with E-state index in [1.165, 1.54) is 10.2 Å². The third-order valence-electron chi connectivity index (χ3n) is 5.11. The fraction of sp³-hybridized carbons (Fsp3) is 0.550. The summed E-state index contributed by atoms with van der Waals surface area (Å²) in [5, 5.41) is 7.48. The lowest BCUT2D eigenvalue weighted by Gasteiger charge is -2.32. The summed E-state index contributed by atoms with van der Waals surface area (Å²) in [7, 11) is 1.68. The number of benzene rings is 1. The van der Waals surface area contributed by atoms with Crippen molar-refractivity contribution in [2.24, 2.45) is 7.05 Å². The molecular weight excluding hydrogens is 342 g/mol. The van der Waals surface area contributed by atoms with Gasteiger partial charge in [0.05, 0.1) is 0 Å². The first-order valence-electron chi connectivity index (χ1n) is 9.69. The molecule has 0 bridgehead atoms. The first kappa shape index (κ1) is 19.2. The van der Waals surface area contributed by atoms with Gasteiger partial charge in [0.1, 0.15) is 5.82 Å². The van der Waals surface area contributed by atoms with Crippen molar-refractivity contribution in [3.63, 3.8) is 0 Å². The van der Waals surface area contributed by atoms with E-state index in [0.717, 1.165) is 31.6 Å². The first-order valence-corrected chi connectivity index (χ1v) is 9.69. The van der Waals surface area contributed by atoms with E-state index in [1.54, 1.807) is 11.6 Å². The standard InChI is InChI=1S/C20H29N5O2/c1-15(2)25-18(22-23(3)20(25)27)17-10-7-13-24(14-17)19(26)21-12-11-16-8-5-4-6-9-16/h4-6,8-9,15,17H,7,10-14H2,1-3H3,(H,21,26). The first-order chi connectivity index (χ1) is 13.0. The van der Waals surface area contributed by atoms with Gasteiger partial charge in [-0.15, -0.1) is 0 Å². The molecule has 1 atom stereocenters. The summed E-state index contributed by atoms with van der Waals surface area (Å²) in [5.41, 5.74) is 1.12. The lowest BCUT2D eigenvalue weighted by Crippen LogP contribution is -2.46. The van der Waals surface area contributed by atoms with Crippen LogP contribution in [0.1, 0.15) is 50.0 Å². The second-order valence-corrected chi connectivity index (χ2v) is 7.48. The number of carbonyl (C=O) groups is 1. The van der Waals surface area contributed by atoms with E-state index < -0.39 is 0 Å². The molecule has 0 aliphatic carbocycles. The minimum atomic E-state index is -0.0931. The Bertz CT molecular complexity index is 825. The van der Waals surface area contributed by atoms with Crippen LogP contribution in [0.15, 0.2) is 35.1 Å². The lowest BCUT2D eigenvalue weighted by molar-refractivity contribution is 0.177. The highest BCUT2D eigenvalue weighted by Gasteiger charge is 2.29. The molecule has 0 radical (unpaired) electrons. The number of nitrogens with one attached hydrogen (secondary N) is 1. The maximum absolute atomic E-state index is 12.6. The summed E-state index contributed by atoms with van der Waals surface area (Å²) in [6, 6.07) is 10.1. The highest BCUT2D eigenvalue weighted by atomic mass is 16.2. The largest absolute Gasteiger partial charge is 0.345 e. The van der Waals surface area contributed by atoms with E-state index in [0.29, 0.717) is 13.1 Å². The molecule has 1 N–H and O–H groups in total. The number of rotatable bonds is 5. The summed E-state index contributed by atoms with van der Waals surface area (Å²) in [5.74, 6) is 0.884. The minimum absolute atomic E-state index is 0.0370. The Morgan fingerprint density at radius 3 is 2.74 bits per heavy atom. The molecule has 3 rings (SSSR count). The fourth-order valence-corrected chi connectivity index (χ4v) is 3.70. The second-order valence-electron chi connectivity index (χ2n) is 7.48. The fourth-order valence-electron chi connectivity index (χ4n) is 3.70. The number of hydrogen-bond donors (Lipinski definition) is 1. The van der Waals surface area contributed by atoms with E-state index in [2.05, 4.69) is 22.5 Å². The predicted molar refractivity (Wildman–Crippen MR) is 105 cm³/mol. The molecule has 146 valence electrons. The number of nitrogens with zero attached hydrogens (tertiary/aromatic N) is 4. The molecule has 1 aromatic carbocycles. The van der Waals surface area contributed by atoms with Crippen molar-refractivity contribution in [2.45, 2.75) is 45.1 Å². The molecule has 7 heteroatoms. The van der Waals surface area contributed by atoms with E-state index in [9.17, 15) is 9.59 Å². The predicted octanol–water partition coefficient (Wildman–Crippen LogP) is 2.29. The molecule has 0 spiro atoms. The van der Waals surface area contributed by atoms with E-state index in [4.69, 9.17) is 0 Å². The molecule has 7 nitrogen and oxygen atoms in total. The van der Waals surface area contributed by atoms with Gasteiger partial charge in [-0.3, -0.25) is 4.57 Å². The Balaban J connectivity index is 1.61. The molecule has 0 saturated carbocycles. The number of aromatic nitrogens is 3. The van der Waals surface area contributed by atoms with Gasteiger partial charge < -0.3 is 10.2 Å². The molecule has 2 aromatic rings. The molecule has 1 unspecified atom stereocenters. The average molecular weight is 371 g/mol. The number of urea groups is 1. The summed E-state index contributed by atoms with van der Waals surface area (Å²) < 4.78 is 3.15. The van der Waals surface area contributed by atoms with Gasteiger partial charge in [-0.1, -0.05) is 30.3 Å². The zero-order chi connectivity index (χ0) is 19.4. The summed E-state index contributed by atoms with van der Waals surface area (Å²) in [6.07, 6.45) is 2.67. The van der Waals surface area contributed by atoms with Gasteiger partial charge in [0, 0.05) is 38.6 Å². The van der Waals surface area contributed by atoms with E-state index in [1.807, 2.05) is 36.9 Å². The van der Waals surface area contributed by atoms with Crippen molar-refractivity contribution in [1.29, 1.82) is 0 Å². The Morgan fingerprint density at radius 1 is 1.30 bits per heavy atom. The summed E-state index contributed by atoms with van der Waals surface area (Å²) in [6.45, 7) is 5.93. The van der Waals surface area contributed by atoms with Crippen molar-refractivity contribution in [2.75, 3.05) is 19.6 Å². The van der Waals surface area contributed by atoms with Crippen LogP contribution in [-0.2, 0) is 13.5 Å². The number of amides is 2. The molecule has 2 heterocycles. The maximum Gasteiger partial charge on any atom is 0.345 e. The Morgan fingerprint density at radius 2 is 2.04 bits per heavy atom. The van der Waals surface area contributed by atoms with Gasteiger partial charge in [-0.05, 0) is 38.7 Å². The van der Waals surface area contributed by atoms with Crippen molar-refractivity contribution >= 4 is 6.03 Å². The highest BCUT2D eigenvalue weighted by molar-refractivity contribution is 5.74. The zero-order valence-corrected chi connectivity index (χ0v) is 16.4. The molecule has 2 amide bonds. The lowest BCUT2D eigenvalue weighted by atomic mass is 9.97. The minimum Gasteiger partial charge on any atom is -0.338 e. The normalized spacial score (nSPS) is 17.3. The molecule has 1 saturated heterocycles. The number of aryl methyl sites for hydroxylation is 1. The molecule has 1 aliphatic heterocycles. The third kappa shape index (κ3) is 4.40. The van der Waals surface area contributed by atoms with Gasteiger partial charge >= 0.3 is 11.7 Å². The third-order valence-corrected chi connectivity index (χ3v) is 5.11. The van der Waals surface area contributed by atoms with Gasteiger partial charge in [-0.25, -0.2) is 14.3 Å². The second kappa shape index (κ2) is 8.41. The number of hydrogen-bond acceptors (Lipinski definition) is 3. The van der Waals surface area contributed by atoms with Crippen LogP contribution in [-0.4, -0.2) is 44.9 Å². The van der Waals surface area contributed by atoms with Gasteiger partial charge in [0.2, 0.25) is 0 Å². The molecule has 1 fully saturated rings. The Hall–Kier alpha value is -2.57. The van der Waals surface area contributed by atoms with Crippen molar-refractivity contribution < 1.29 is 4.79 Å². The molecule has 1 aromatic heterocycles. The van der Waals surface area contributed by atoms with Crippen LogP contribution in [0.25, 0.3) is 0 Å². The Kier molecular flexibility index (Phi) is 5.98. The van der Waals surface area contributed by atoms with E-state index >= 15 is 0 Å². The van der Waals surface area contributed by atoms with Crippen LogP contribution in [0.4, 0.5) is 4.79 Å². The number of carbonyl (C=O) groups excluding carboxylic acids is 1. The monoisotopic (exact) mass is 371 g/mol. The van der Waals surface area contributed by atoms with Crippen LogP contribution in [0.3, 0.4) is 0 Å². The molecule has 27 heavy (non-hydrogen) atoms. The van der Waals surface area contributed by atoms with E-state index in [-0.39, 0.29) is 23.7 Å². The zero-order valence-electron chi connectivity index (χ0n) is 16.4. The van der Waals surface area contributed by atoms with Crippen molar-refractivity contribution in [1.82, 2.24) is 24.6 Å². The van der Waals surface area contributed by atoms with Gasteiger partial charge in [0.25, 0.3) is 0 Å². The maximum atomic E-state index is 12.6.